The predicted molar refractivity (Wildman–Crippen MR) is 67.3 cm³/mol. The lowest BCUT2D eigenvalue weighted by Gasteiger charge is -2.20. The second-order valence-corrected chi connectivity index (χ2v) is 4.47. The van der Waals surface area contributed by atoms with Crippen LogP contribution in [0.3, 0.4) is 0 Å². The summed E-state index contributed by atoms with van der Waals surface area (Å²) < 4.78 is 0. The van der Waals surface area contributed by atoms with Crippen molar-refractivity contribution in [1.82, 2.24) is 10.3 Å². The average molecular weight is 230 g/mol. The minimum absolute atomic E-state index is 0.0189. The first-order valence-electron chi connectivity index (χ1n) is 6.13. The Labute approximate surface area is 102 Å². The lowest BCUT2D eigenvalue weighted by atomic mass is 9.93. The van der Waals surface area contributed by atoms with Crippen LogP contribution in [0.25, 0.3) is 0 Å². The maximum atomic E-state index is 12.0. The number of hydrogen-bond acceptors (Lipinski definition) is 2. The zero-order valence-corrected chi connectivity index (χ0v) is 10.1. The van der Waals surface area contributed by atoms with Crippen molar-refractivity contribution in [2.24, 2.45) is 5.92 Å². The van der Waals surface area contributed by atoms with E-state index < -0.39 is 0 Å². The summed E-state index contributed by atoms with van der Waals surface area (Å²) in [5, 5.41) is 3.03. The molecule has 1 amide bonds. The molecule has 0 saturated heterocycles. The third-order valence-electron chi connectivity index (χ3n) is 3.13. The first-order valence-corrected chi connectivity index (χ1v) is 6.13. The molecule has 3 nitrogen and oxygen atoms in total. The minimum atomic E-state index is -0.0189. The van der Waals surface area contributed by atoms with Crippen LogP contribution >= 0.6 is 0 Å². The van der Waals surface area contributed by atoms with E-state index in [0.29, 0.717) is 0 Å². The number of carbonyl (C=O) groups excluding carboxylic acids is 1. The van der Waals surface area contributed by atoms with Gasteiger partial charge in [0.15, 0.2) is 0 Å². The Bertz CT molecular complexity index is 400. The highest BCUT2D eigenvalue weighted by atomic mass is 16.1. The smallest absolute Gasteiger partial charge is 0.223 e. The zero-order chi connectivity index (χ0) is 12.1. The molecule has 90 valence electrons. The molecule has 0 spiro atoms. The van der Waals surface area contributed by atoms with Gasteiger partial charge in [-0.15, -0.1) is 0 Å². The summed E-state index contributed by atoms with van der Waals surface area (Å²) in [7, 11) is 0. The van der Waals surface area contributed by atoms with Crippen LogP contribution in [0.15, 0.2) is 36.5 Å². The van der Waals surface area contributed by atoms with Crippen molar-refractivity contribution in [2.75, 3.05) is 0 Å². The molecule has 0 bridgehead atoms. The maximum Gasteiger partial charge on any atom is 0.223 e. The largest absolute Gasteiger partial charge is 0.348 e. The Balaban J connectivity index is 1.92. The van der Waals surface area contributed by atoms with Gasteiger partial charge in [-0.3, -0.25) is 9.78 Å². The molecule has 1 N–H and O–H groups in total. The summed E-state index contributed by atoms with van der Waals surface area (Å²) in [5.41, 5.74) is 0.909. The van der Waals surface area contributed by atoms with Crippen molar-refractivity contribution < 1.29 is 4.79 Å². The third kappa shape index (κ3) is 3.16. The number of rotatable bonds is 3. The second kappa shape index (κ2) is 5.62. The van der Waals surface area contributed by atoms with Gasteiger partial charge in [-0.05, 0) is 38.3 Å². The molecule has 0 aromatic carbocycles. The molecule has 1 aliphatic rings. The van der Waals surface area contributed by atoms with Crippen molar-refractivity contribution in [1.29, 1.82) is 0 Å². The fraction of sp³-hybridized carbons (Fsp3) is 0.429. The fourth-order valence-electron chi connectivity index (χ4n) is 2.07. The Kier molecular flexibility index (Phi) is 3.91. The summed E-state index contributed by atoms with van der Waals surface area (Å²) in [6.07, 6.45) is 8.82. The Morgan fingerprint density at radius 2 is 2.35 bits per heavy atom. The standard InChI is InChI=1S/C14H18N2O/c1-11(13-9-5-6-10-15-13)16-14(17)12-7-3-2-4-8-12/h2-3,5-6,9-12H,4,7-8H2,1H3,(H,16,17). The Morgan fingerprint density at radius 1 is 1.47 bits per heavy atom. The van der Waals surface area contributed by atoms with Crippen LogP contribution in [0, 0.1) is 5.92 Å². The molecule has 0 saturated carbocycles. The van der Waals surface area contributed by atoms with E-state index >= 15 is 0 Å². The van der Waals surface area contributed by atoms with E-state index in [1.54, 1.807) is 6.20 Å². The van der Waals surface area contributed by atoms with E-state index in [-0.39, 0.29) is 17.9 Å². The van der Waals surface area contributed by atoms with E-state index in [0.717, 1.165) is 25.0 Å². The third-order valence-corrected chi connectivity index (χ3v) is 3.13. The quantitative estimate of drug-likeness (QED) is 0.811. The van der Waals surface area contributed by atoms with E-state index in [4.69, 9.17) is 0 Å². The normalized spacial score (nSPS) is 20.9. The number of allylic oxidation sites excluding steroid dienone is 2. The molecule has 2 unspecified atom stereocenters. The van der Waals surface area contributed by atoms with Gasteiger partial charge in [0.25, 0.3) is 0 Å². The summed E-state index contributed by atoms with van der Waals surface area (Å²) in [5.74, 6) is 0.277. The number of nitrogens with one attached hydrogen (secondary N) is 1. The summed E-state index contributed by atoms with van der Waals surface area (Å²) in [4.78, 5) is 16.3. The number of nitrogens with zero attached hydrogens (tertiary/aromatic N) is 1. The van der Waals surface area contributed by atoms with Gasteiger partial charge in [-0.2, -0.15) is 0 Å². The molecule has 17 heavy (non-hydrogen) atoms. The van der Waals surface area contributed by atoms with Crippen molar-refractivity contribution in [3.63, 3.8) is 0 Å². The highest BCUT2D eigenvalue weighted by molar-refractivity contribution is 5.79. The molecule has 0 radical (unpaired) electrons. The average Bonchev–Trinajstić information content (AvgIpc) is 2.40. The molecular formula is C14H18N2O. The Hall–Kier alpha value is -1.64. The van der Waals surface area contributed by atoms with Crippen LogP contribution in [0.1, 0.15) is 37.9 Å². The second-order valence-electron chi connectivity index (χ2n) is 4.47. The van der Waals surface area contributed by atoms with Crippen molar-refractivity contribution >= 4 is 5.91 Å². The number of carbonyl (C=O) groups is 1. The van der Waals surface area contributed by atoms with Crippen LogP contribution in [-0.2, 0) is 4.79 Å². The highest BCUT2D eigenvalue weighted by Gasteiger charge is 2.20. The molecule has 1 heterocycles. The van der Waals surface area contributed by atoms with E-state index in [1.165, 1.54) is 0 Å². The number of hydrogen-bond donors (Lipinski definition) is 1. The van der Waals surface area contributed by atoms with Gasteiger partial charge in [0.05, 0.1) is 11.7 Å². The fourth-order valence-corrected chi connectivity index (χ4v) is 2.07. The van der Waals surface area contributed by atoms with Crippen LogP contribution < -0.4 is 5.32 Å². The van der Waals surface area contributed by atoms with Crippen LogP contribution in [0.2, 0.25) is 0 Å². The molecule has 0 aliphatic heterocycles. The predicted octanol–water partition coefficient (Wildman–Crippen LogP) is 2.62. The van der Waals surface area contributed by atoms with Crippen LogP contribution in [0.5, 0.6) is 0 Å². The molecule has 3 heteroatoms. The van der Waals surface area contributed by atoms with E-state index in [1.807, 2.05) is 25.1 Å². The number of amides is 1. The molecule has 1 aromatic heterocycles. The van der Waals surface area contributed by atoms with Crippen molar-refractivity contribution in [3.8, 4) is 0 Å². The molecule has 0 fully saturated rings. The highest BCUT2D eigenvalue weighted by Crippen LogP contribution is 2.19. The van der Waals surface area contributed by atoms with Crippen molar-refractivity contribution in [3.05, 3.63) is 42.2 Å². The van der Waals surface area contributed by atoms with Gasteiger partial charge >= 0.3 is 0 Å². The maximum absolute atomic E-state index is 12.0. The van der Waals surface area contributed by atoms with Crippen LogP contribution in [0.4, 0.5) is 0 Å². The Morgan fingerprint density at radius 3 is 3.00 bits per heavy atom. The van der Waals surface area contributed by atoms with Gasteiger partial charge in [-0.1, -0.05) is 18.2 Å². The number of aromatic nitrogens is 1. The van der Waals surface area contributed by atoms with Gasteiger partial charge in [0.1, 0.15) is 0 Å². The van der Waals surface area contributed by atoms with Crippen LogP contribution in [-0.4, -0.2) is 10.9 Å². The van der Waals surface area contributed by atoms with E-state index in [9.17, 15) is 4.79 Å². The molecule has 2 rings (SSSR count). The first-order chi connectivity index (χ1) is 8.27. The number of pyridine rings is 1. The lowest BCUT2D eigenvalue weighted by Crippen LogP contribution is -2.33. The molecule has 2 atom stereocenters. The lowest BCUT2D eigenvalue weighted by molar-refractivity contribution is -0.125. The van der Waals surface area contributed by atoms with Crippen molar-refractivity contribution in [2.45, 2.75) is 32.2 Å². The molecular weight excluding hydrogens is 212 g/mol. The topological polar surface area (TPSA) is 42.0 Å². The summed E-state index contributed by atoms with van der Waals surface area (Å²) in [6, 6.07) is 5.74. The summed E-state index contributed by atoms with van der Waals surface area (Å²) >= 11 is 0. The minimum Gasteiger partial charge on any atom is -0.348 e. The van der Waals surface area contributed by atoms with E-state index in [2.05, 4.69) is 22.5 Å². The zero-order valence-electron chi connectivity index (χ0n) is 10.1. The first kappa shape index (κ1) is 11.8. The SMILES string of the molecule is CC(NC(=O)C1CC=CCC1)c1ccccn1. The van der Waals surface area contributed by atoms with Gasteiger partial charge in [0, 0.05) is 12.1 Å². The van der Waals surface area contributed by atoms with Gasteiger partial charge in [-0.25, -0.2) is 0 Å². The monoisotopic (exact) mass is 230 g/mol. The molecule has 1 aliphatic carbocycles. The van der Waals surface area contributed by atoms with Gasteiger partial charge < -0.3 is 5.32 Å². The summed E-state index contributed by atoms with van der Waals surface area (Å²) in [6.45, 7) is 1.97. The molecule has 1 aromatic rings. The van der Waals surface area contributed by atoms with Gasteiger partial charge in [0.2, 0.25) is 5.91 Å².